The van der Waals surface area contributed by atoms with Crippen LogP contribution in [0.1, 0.15) is 12.0 Å². The summed E-state index contributed by atoms with van der Waals surface area (Å²) in [5, 5.41) is 2.70. The molecule has 0 aliphatic heterocycles. The van der Waals surface area contributed by atoms with E-state index in [4.69, 9.17) is 4.74 Å². The van der Waals surface area contributed by atoms with Crippen molar-refractivity contribution < 1.29 is 22.3 Å². The molecule has 30 heavy (non-hydrogen) atoms. The van der Waals surface area contributed by atoms with Crippen LogP contribution >= 0.6 is 0 Å². The molecule has 3 rings (SSSR count). The van der Waals surface area contributed by atoms with E-state index in [0.29, 0.717) is 18.0 Å². The molecule has 0 aliphatic rings. The number of nitrogens with one attached hydrogen (secondary N) is 2. The van der Waals surface area contributed by atoms with E-state index in [1.807, 2.05) is 30.3 Å². The molecule has 2 N–H and O–H groups in total. The van der Waals surface area contributed by atoms with Crippen molar-refractivity contribution in [3.63, 3.8) is 0 Å². The maximum absolute atomic E-state index is 12.9. The second-order valence-electron chi connectivity index (χ2n) is 6.45. The molecule has 6 nitrogen and oxygen atoms in total. The predicted octanol–water partition coefficient (Wildman–Crippen LogP) is 3.71. The Morgan fingerprint density at radius 1 is 0.900 bits per heavy atom. The fourth-order valence-electron chi connectivity index (χ4n) is 2.59. The van der Waals surface area contributed by atoms with Gasteiger partial charge in [0, 0.05) is 18.7 Å². The average molecular weight is 428 g/mol. The largest absolute Gasteiger partial charge is 0.489 e. The molecule has 3 aromatic carbocycles. The van der Waals surface area contributed by atoms with Crippen LogP contribution in [0.3, 0.4) is 0 Å². The molecule has 0 unspecified atom stereocenters. The van der Waals surface area contributed by atoms with Gasteiger partial charge in [-0.2, -0.15) is 0 Å². The molecule has 0 spiro atoms. The quantitative estimate of drug-likeness (QED) is 0.544. The summed E-state index contributed by atoms with van der Waals surface area (Å²) in [4.78, 5) is 12.0. The molecular formula is C22H21FN2O4S. The first kappa shape index (κ1) is 21.5. The number of carbonyl (C=O) groups excluding carboxylic acids is 1. The number of hydrogen-bond donors (Lipinski definition) is 2. The molecule has 156 valence electrons. The van der Waals surface area contributed by atoms with Crippen LogP contribution in [0, 0.1) is 5.82 Å². The maximum atomic E-state index is 12.9. The lowest BCUT2D eigenvalue weighted by atomic mass is 10.2. The van der Waals surface area contributed by atoms with Gasteiger partial charge in [0.2, 0.25) is 15.9 Å². The fourth-order valence-corrected chi connectivity index (χ4v) is 3.63. The van der Waals surface area contributed by atoms with Crippen LogP contribution in [0.15, 0.2) is 83.8 Å². The van der Waals surface area contributed by atoms with Crippen LogP contribution in [-0.2, 0) is 21.4 Å². The lowest BCUT2D eigenvalue weighted by Crippen LogP contribution is -2.27. The molecule has 0 aliphatic carbocycles. The normalized spacial score (nSPS) is 11.1. The van der Waals surface area contributed by atoms with Gasteiger partial charge in [-0.05, 0) is 54.1 Å². The Morgan fingerprint density at radius 2 is 1.57 bits per heavy atom. The van der Waals surface area contributed by atoms with Gasteiger partial charge in [0.15, 0.2) is 0 Å². The predicted molar refractivity (Wildman–Crippen MR) is 112 cm³/mol. The Morgan fingerprint density at radius 3 is 2.23 bits per heavy atom. The zero-order valence-electron chi connectivity index (χ0n) is 16.0. The highest BCUT2D eigenvalue weighted by Crippen LogP contribution is 2.17. The number of rotatable bonds is 9. The SMILES string of the molecule is O=C(CCNS(=O)(=O)c1ccc(F)cc1)Nc1ccc(OCc2ccccc2)cc1. The zero-order valence-corrected chi connectivity index (χ0v) is 16.9. The molecule has 1 amide bonds. The second-order valence-corrected chi connectivity index (χ2v) is 8.22. The summed E-state index contributed by atoms with van der Waals surface area (Å²) in [5.74, 6) is -0.191. The molecule has 0 fully saturated rings. The Bertz CT molecular complexity index is 1070. The van der Waals surface area contributed by atoms with Crippen LogP contribution in [0.25, 0.3) is 0 Å². The van der Waals surface area contributed by atoms with E-state index in [1.54, 1.807) is 24.3 Å². The summed E-state index contributed by atoms with van der Waals surface area (Å²) in [5.41, 5.74) is 1.63. The molecular weight excluding hydrogens is 407 g/mol. The molecule has 8 heteroatoms. The number of carbonyl (C=O) groups is 1. The van der Waals surface area contributed by atoms with Gasteiger partial charge in [-0.3, -0.25) is 4.79 Å². The Balaban J connectivity index is 1.44. The van der Waals surface area contributed by atoms with Gasteiger partial charge in [-0.25, -0.2) is 17.5 Å². The van der Waals surface area contributed by atoms with E-state index in [1.165, 1.54) is 12.1 Å². The van der Waals surface area contributed by atoms with Crippen molar-refractivity contribution in [1.82, 2.24) is 4.72 Å². The Kier molecular flexibility index (Phi) is 7.16. The smallest absolute Gasteiger partial charge is 0.240 e. The molecule has 0 radical (unpaired) electrons. The van der Waals surface area contributed by atoms with Gasteiger partial charge in [0.25, 0.3) is 0 Å². The first-order chi connectivity index (χ1) is 14.4. The summed E-state index contributed by atoms with van der Waals surface area (Å²) in [7, 11) is -3.79. The number of ether oxygens (including phenoxy) is 1. The maximum Gasteiger partial charge on any atom is 0.240 e. The van der Waals surface area contributed by atoms with E-state index < -0.39 is 15.8 Å². The number of hydrogen-bond acceptors (Lipinski definition) is 4. The average Bonchev–Trinajstić information content (AvgIpc) is 2.74. The van der Waals surface area contributed by atoms with Crippen molar-refractivity contribution in [2.24, 2.45) is 0 Å². The summed E-state index contributed by atoms with van der Waals surface area (Å²) in [6.07, 6.45) is -0.0489. The van der Waals surface area contributed by atoms with E-state index in [2.05, 4.69) is 10.0 Å². The number of benzene rings is 3. The number of sulfonamides is 1. The summed E-state index contributed by atoms with van der Waals surface area (Å²) in [6, 6.07) is 21.1. The van der Waals surface area contributed by atoms with Crippen molar-refractivity contribution in [1.29, 1.82) is 0 Å². The Hall–Kier alpha value is -3.23. The third-order valence-electron chi connectivity index (χ3n) is 4.15. The lowest BCUT2D eigenvalue weighted by Gasteiger charge is -2.09. The van der Waals surface area contributed by atoms with Gasteiger partial charge < -0.3 is 10.1 Å². The number of anilines is 1. The highest BCUT2D eigenvalue weighted by atomic mass is 32.2. The highest BCUT2D eigenvalue weighted by molar-refractivity contribution is 7.89. The first-order valence-corrected chi connectivity index (χ1v) is 10.7. The van der Waals surface area contributed by atoms with Crippen molar-refractivity contribution in [3.8, 4) is 5.75 Å². The van der Waals surface area contributed by atoms with Crippen molar-refractivity contribution >= 4 is 21.6 Å². The van der Waals surface area contributed by atoms with Crippen LogP contribution in [-0.4, -0.2) is 20.9 Å². The summed E-state index contributed by atoms with van der Waals surface area (Å²) < 4.78 is 45.1. The topological polar surface area (TPSA) is 84.5 Å². The van der Waals surface area contributed by atoms with Gasteiger partial charge in [0.1, 0.15) is 18.2 Å². The standard InChI is InChI=1S/C22H21FN2O4S/c23-18-6-12-21(13-7-18)30(27,28)24-15-14-22(26)25-19-8-10-20(11-9-19)29-16-17-4-2-1-3-5-17/h1-13,24H,14-16H2,(H,25,26). The molecule has 0 atom stereocenters. The van der Waals surface area contributed by atoms with Gasteiger partial charge >= 0.3 is 0 Å². The third-order valence-corrected chi connectivity index (χ3v) is 5.63. The molecule has 0 saturated heterocycles. The second kappa shape index (κ2) is 10.00. The molecule has 0 bridgehead atoms. The van der Waals surface area contributed by atoms with Crippen molar-refractivity contribution in [2.45, 2.75) is 17.9 Å². The van der Waals surface area contributed by atoms with Crippen LogP contribution in [0.4, 0.5) is 10.1 Å². The van der Waals surface area contributed by atoms with Crippen LogP contribution in [0.2, 0.25) is 0 Å². The van der Waals surface area contributed by atoms with E-state index in [9.17, 15) is 17.6 Å². The Labute approximate surface area is 174 Å². The number of amides is 1. The zero-order chi connectivity index (χ0) is 21.4. The van der Waals surface area contributed by atoms with E-state index in [0.717, 1.165) is 17.7 Å². The fraction of sp³-hybridized carbons (Fsp3) is 0.136. The van der Waals surface area contributed by atoms with E-state index in [-0.39, 0.29) is 23.8 Å². The van der Waals surface area contributed by atoms with Gasteiger partial charge in [0.05, 0.1) is 4.90 Å². The summed E-state index contributed by atoms with van der Waals surface area (Å²) in [6.45, 7) is 0.366. The minimum absolute atomic E-state index is 0.0489. The highest BCUT2D eigenvalue weighted by Gasteiger charge is 2.14. The van der Waals surface area contributed by atoms with Crippen LogP contribution in [0.5, 0.6) is 5.75 Å². The third kappa shape index (κ3) is 6.40. The van der Waals surface area contributed by atoms with Crippen molar-refractivity contribution in [2.75, 3.05) is 11.9 Å². The molecule has 0 heterocycles. The van der Waals surface area contributed by atoms with Crippen molar-refractivity contribution in [3.05, 3.63) is 90.2 Å². The lowest BCUT2D eigenvalue weighted by molar-refractivity contribution is -0.116. The monoisotopic (exact) mass is 428 g/mol. The molecule has 3 aromatic rings. The number of halogens is 1. The first-order valence-electron chi connectivity index (χ1n) is 9.24. The van der Waals surface area contributed by atoms with Gasteiger partial charge in [-0.15, -0.1) is 0 Å². The molecule has 0 saturated carbocycles. The minimum atomic E-state index is -3.79. The minimum Gasteiger partial charge on any atom is -0.489 e. The molecule has 0 aromatic heterocycles. The summed E-state index contributed by atoms with van der Waals surface area (Å²) >= 11 is 0. The van der Waals surface area contributed by atoms with E-state index >= 15 is 0 Å². The van der Waals surface area contributed by atoms with Crippen LogP contribution < -0.4 is 14.8 Å². The van der Waals surface area contributed by atoms with Gasteiger partial charge in [-0.1, -0.05) is 30.3 Å².